The van der Waals surface area contributed by atoms with Gasteiger partial charge in [0, 0.05) is 0 Å². The Morgan fingerprint density at radius 1 is 1.40 bits per heavy atom. The molecule has 0 aliphatic carbocycles. The van der Waals surface area contributed by atoms with Gasteiger partial charge in [-0.1, -0.05) is 13.8 Å². The first-order chi connectivity index (χ1) is 9.16. The first-order valence-corrected chi connectivity index (χ1v) is 7.55. The Morgan fingerprint density at radius 3 is 2.30 bits per heavy atom. The molecule has 4 N–H and O–H groups in total. The lowest BCUT2D eigenvalue weighted by Crippen LogP contribution is -2.45. The highest BCUT2D eigenvalue weighted by atomic mass is 32.2. The minimum Gasteiger partial charge on any atom is -0.480 e. The summed E-state index contributed by atoms with van der Waals surface area (Å²) >= 11 is 0. The number of sulfonamides is 1. The van der Waals surface area contributed by atoms with Gasteiger partial charge in [0.05, 0.1) is 10.6 Å². The van der Waals surface area contributed by atoms with Crippen LogP contribution in [0.4, 0.5) is 10.1 Å². The van der Waals surface area contributed by atoms with Gasteiger partial charge in [0.1, 0.15) is 11.4 Å². The molecule has 0 fully saturated rings. The average Bonchev–Trinajstić information content (AvgIpc) is 2.36. The number of benzene rings is 1. The highest BCUT2D eigenvalue weighted by molar-refractivity contribution is 7.89. The van der Waals surface area contributed by atoms with Crippen molar-refractivity contribution in [3.05, 3.63) is 24.0 Å². The molecule has 0 atom stereocenters. The quantitative estimate of drug-likeness (QED) is 0.738. The van der Waals surface area contributed by atoms with E-state index in [2.05, 4.69) is 5.32 Å². The molecule has 0 heterocycles. The largest absolute Gasteiger partial charge is 0.480 e. The highest BCUT2D eigenvalue weighted by Gasteiger charge is 2.35. The third kappa shape index (κ3) is 3.26. The molecule has 0 bridgehead atoms. The zero-order valence-electron chi connectivity index (χ0n) is 11.2. The zero-order chi connectivity index (χ0) is 15.6. The number of carboxylic acid groups (broad SMARTS) is 1. The molecule has 1 rings (SSSR count). The number of hydrogen-bond acceptors (Lipinski definition) is 4. The fourth-order valence-corrected chi connectivity index (χ4v) is 2.34. The minimum atomic E-state index is -4.00. The number of aliphatic carboxylic acids is 1. The monoisotopic (exact) mass is 304 g/mol. The second kappa shape index (κ2) is 5.76. The smallest absolute Gasteiger partial charge is 0.329 e. The van der Waals surface area contributed by atoms with E-state index in [1.807, 2.05) is 0 Å². The molecule has 112 valence electrons. The van der Waals surface area contributed by atoms with Crippen LogP contribution in [0, 0.1) is 5.82 Å². The molecule has 0 saturated carbocycles. The number of halogens is 1. The van der Waals surface area contributed by atoms with Crippen molar-refractivity contribution in [2.24, 2.45) is 5.14 Å². The summed E-state index contributed by atoms with van der Waals surface area (Å²) in [7, 11) is -4.00. The van der Waals surface area contributed by atoms with Gasteiger partial charge in [-0.3, -0.25) is 0 Å². The van der Waals surface area contributed by atoms with E-state index in [0.717, 1.165) is 18.2 Å². The number of carbonyl (C=O) groups is 1. The first-order valence-electron chi connectivity index (χ1n) is 6.00. The minimum absolute atomic E-state index is 0.0801. The Kier molecular flexibility index (Phi) is 4.72. The summed E-state index contributed by atoms with van der Waals surface area (Å²) in [5, 5.41) is 16.8. The van der Waals surface area contributed by atoms with E-state index in [4.69, 9.17) is 5.14 Å². The van der Waals surface area contributed by atoms with Gasteiger partial charge in [-0.05, 0) is 31.0 Å². The third-order valence-electron chi connectivity index (χ3n) is 3.26. The van der Waals surface area contributed by atoms with Crippen molar-refractivity contribution in [3.8, 4) is 0 Å². The first kappa shape index (κ1) is 16.4. The van der Waals surface area contributed by atoms with Crippen LogP contribution in [0.5, 0.6) is 0 Å². The van der Waals surface area contributed by atoms with Gasteiger partial charge in [-0.15, -0.1) is 0 Å². The number of primary sulfonamides is 1. The molecule has 0 aliphatic rings. The van der Waals surface area contributed by atoms with Crippen LogP contribution >= 0.6 is 0 Å². The maximum absolute atomic E-state index is 13.9. The number of nitrogens with two attached hydrogens (primary N) is 1. The average molecular weight is 304 g/mol. The fourth-order valence-electron chi connectivity index (χ4n) is 1.81. The van der Waals surface area contributed by atoms with E-state index in [1.54, 1.807) is 13.8 Å². The van der Waals surface area contributed by atoms with Crippen LogP contribution in [-0.4, -0.2) is 25.0 Å². The molecule has 0 aromatic heterocycles. The zero-order valence-corrected chi connectivity index (χ0v) is 12.0. The fraction of sp³-hybridized carbons (Fsp3) is 0.417. The van der Waals surface area contributed by atoms with Gasteiger partial charge < -0.3 is 10.4 Å². The SMILES string of the molecule is CCC(CC)(Nc1ccc(S(N)(=O)=O)cc1F)C(=O)O. The summed E-state index contributed by atoms with van der Waals surface area (Å²) in [5.41, 5.74) is -1.38. The van der Waals surface area contributed by atoms with Crippen molar-refractivity contribution in [2.75, 3.05) is 5.32 Å². The van der Waals surface area contributed by atoms with Gasteiger partial charge in [0.25, 0.3) is 0 Å². The van der Waals surface area contributed by atoms with E-state index >= 15 is 0 Å². The lowest BCUT2D eigenvalue weighted by atomic mass is 9.92. The molecule has 1 aromatic rings. The number of hydrogen-bond donors (Lipinski definition) is 3. The molecular weight excluding hydrogens is 287 g/mol. The van der Waals surface area contributed by atoms with E-state index in [9.17, 15) is 22.7 Å². The highest BCUT2D eigenvalue weighted by Crippen LogP contribution is 2.26. The van der Waals surface area contributed by atoms with Crippen molar-refractivity contribution in [3.63, 3.8) is 0 Å². The van der Waals surface area contributed by atoms with Crippen LogP contribution in [-0.2, 0) is 14.8 Å². The van der Waals surface area contributed by atoms with Crippen LogP contribution in [0.25, 0.3) is 0 Å². The molecule has 20 heavy (non-hydrogen) atoms. The summed E-state index contributed by atoms with van der Waals surface area (Å²) in [6, 6.07) is 3.05. The molecule has 6 nitrogen and oxygen atoms in total. The molecular formula is C12H17FN2O4S. The number of carboxylic acids is 1. The number of nitrogens with one attached hydrogen (secondary N) is 1. The maximum atomic E-state index is 13.9. The standard InChI is InChI=1S/C12H17FN2O4S/c1-3-12(4-2,11(16)17)15-10-6-5-8(7-9(10)13)20(14,18)19/h5-7,15H,3-4H2,1-2H3,(H,16,17)(H2,14,18,19). The van der Waals surface area contributed by atoms with Crippen molar-refractivity contribution in [1.82, 2.24) is 0 Å². The normalized spacial score (nSPS) is 12.2. The van der Waals surface area contributed by atoms with Crippen molar-refractivity contribution >= 4 is 21.7 Å². The Balaban J connectivity index is 3.20. The van der Waals surface area contributed by atoms with E-state index in [-0.39, 0.29) is 23.4 Å². The molecule has 1 aromatic carbocycles. The number of anilines is 1. The lowest BCUT2D eigenvalue weighted by Gasteiger charge is -2.29. The Labute approximate surface area is 116 Å². The Hall–Kier alpha value is -1.67. The second-order valence-corrected chi connectivity index (χ2v) is 5.97. The van der Waals surface area contributed by atoms with Crippen LogP contribution in [0.2, 0.25) is 0 Å². The maximum Gasteiger partial charge on any atom is 0.329 e. The molecule has 0 radical (unpaired) electrons. The lowest BCUT2D eigenvalue weighted by molar-refractivity contribution is -0.142. The van der Waals surface area contributed by atoms with E-state index < -0.39 is 27.3 Å². The molecule has 0 amide bonds. The van der Waals surface area contributed by atoms with Crippen molar-refractivity contribution in [1.29, 1.82) is 0 Å². The van der Waals surface area contributed by atoms with Gasteiger partial charge in [-0.2, -0.15) is 0 Å². The predicted molar refractivity (Wildman–Crippen MR) is 72.3 cm³/mol. The summed E-state index contributed by atoms with van der Waals surface area (Å²) in [4.78, 5) is 11.0. The van der Waals surface area contributed by atoms with E-state index in [0.29, 0.717) is 0 Å². The van der Waals surface area contributed by atoms with Gasteiger partial charge in [0.15, 0.2) is 0 Å². The second-order valence-electron chi connectivity index (χ2n) is 4.41. The van der Waals surface area contributed by atoms with Gasteiger partial charge in [-0.25, -0.2) is 22.7 Å². The van der Waals surface area contributed by atoms with Crippen LogP contribution in [0.1, 0.15) is 26.7 Å². The molecule has 0 spiro atoms. The third-order valence-corrected chi connectivity index (χ3v) is 4.17. The summed E-state index contributed by atoms with van der Waals surface area (Å²) in [6.07, 6.45) is 0.491. The molecule has 0 aliphatic heterocycles. The molecule has 0 saturated heterocycles. The molecule has 8 heteroatoms. The van der Waals surface area contributed by atoms with E-state index in [1.165, 1.54) is 0 Å². The molecule has 0 unspecified atom stereocenters. The Morgan fingerprint density at radius 2 is 1.95 bits per heavy atom. The number of rotatable bonds is 6. The predicted octanol–water partition coefficient (Wildman–Crippen LogP) is 1.53. The summed E-state index contributed by atoms with van der Waals surface area (Å²) in [6.45, 7) is 3.34. The van der Waals surface area contributed by atoms with Gasteiger partial charge >= 0.3 is 5.97 Å². The van der Waals surface area contributed by atoms with Crippen molar-refractivity contribution in [2.45, 2.75) is 37.1 Å². The Bertz CT molecular complexity index is 612. The van der Waals surface area contributed by atoms with Crippen LogP contribution in [0.15, 0.2) is 23.1 Å². The van der Waals surface area contributed by atoms with Crippen LogP contribution in [0.3, 0.4) is 0 Å². The topological polar surface area (TPSA) is 109 Å². The summed E-state index contributed by atoms with van der Waals surface area (Å²) < 4.78 is 36.1. The van der Waals surface area contributed by atoms with Gasteiger partial charge in [0.2, 0.25) is 10.0 Å². The van der Waals surface area contributed by atoms with Crippen molar-refractivity contribution < 1.29 is 22.7 Å². The summed E-state index contributed by atoms with van der Waals surface area (Å²) in [5.74, 6) is -1.97. The van der Waals surface area contributed by atoms with Crippen LogP contribution < -0.4 is 10.5 Å².